The maximum atomic E-state index is 12.0. The number of alkyl halides is 3. The molecule has 1 atom stereocenters. The van der Waals surface area contributed by atoms with E-state index in [0.717, 1.165) is 0 Å². The van der Waals surface area contributed by atoms with Gasteiger partial charge in [-0.05, 0) is 31.2 Å². The second kappa shape index (κ2) is 7.35. The number of carbonyl (C=O) groups excluding carboxylic acids is 1. The van der Waals surface area contributed by atoms with Crippen LogP contribution in [-0.4, -0.2) is 36.3 Å². The van der Waals surface area contributed by atoms with E-state index in [1.54, 1.807) is 12.1 Å². The maximum Gasteiger partial charge on any atom is 0.411 e. The van der Waals surface area contributed by atoms with Gasteiger partial charge in [0.05, 0.1) is 18.6 Å². The number of furan rings is 1. The summed E-state index contributed by atoms with van der Waals surface area (Å²) in [5.41, 5.74) is -0.388. The Labute approximate surface area is 134 Å². The molecule has 2 aromatic rings. The Kier molecular flexibility index (Phi) is 5.45. The average Bonchev–Trinajstić information content (AvgIpc) is 2.99. The van der Waals surface area contributed by atoms with E-state index in [0.29, 0.717) is 11.5 Å². The van der Waals surface area contributed by atoms with E-state index in [9.17, 15) is 22.8 Å². The number of amides is 1. The van der Waals surface area contributed by atoms with E-state index in [2.05, 4.69) is 15.0 Å². The summed E-state index contributed by atoms with van der Waals surface area (Å²) in [6.07, 6.45) is -2.99. The maximum absolute atomic E-state index is 12.0. The zero-order valence-electron chi connectivity index (χ0n) is 12.6. The zero-order chi connectivity index (χ0) is 17.7. The monoisotopic (exact) mass is 344 g/mol. The summed E-state index contributed by atoms with van der Waals surface area (Å²) in [5.74, 6) is -0.265. The summed E-state index contributed by atoms with van der Waals surface area (Å²) >= 11 is 0. The highest BCUT2D eigenvalue weighted by Gasteiger charge is 2.27. The molecule has 0 aliphatic rings. The van der Waals surface area contributed by atoms with Gasteiger partial charge in [0, 0.05) is 6.04 Å². The van der Waals surface area contributed by atoms with Crippen molar-refractivity contribution in [2.45, 2.75) is 19.1 Å². The normalized spacial score (nSPS) is 12.8. The number of nitrogens with one attached hydrogen (secondary N) is 2. The molecule has 2 aromatic heterocycles. The molecule has 0 aliphatic carbocycles. The predicted molar refractivity (Wildman–Crippen MR) is 78.6 cm³/mol. The Hall–Kier alpha value is -2.55. The van der Waals surface area contributed by atoms with Gasteiger partial charge in [-0.1, -0.05) is 0 Å². The van der Waals surface area contributed by atoms with E-state index >= 15 is 0 Å². The minimum absolute atomic E-state index is 0.159. The van der Waals surface area contributed by atoms with Gasteiger partial charge < -0.3 is 19.5 Å². The Morgan fingerprint density at radius 2 is 2.12 bits per heavy atom. The standard InChI is InChI=1S/C15H15F3N2O4/c1-9(7-23-8-15(16,17)18)19-13(21)10-4-5-11(20-14(10)22)12-3-2-6-24-12/h2-6,9H,7-8H2,1H3,(H,19,21)(H,20,22)/t9-/m0/s1. The molecule has 0 fully saturated rings. The van der Waals surface area contributed by atoms with E-state index in [-0.39, 0.29) is 12.2 Å². The summed E-state index contributed by atoms with van der Waals surface area (Å²) in [5, 5.41) is 2.40. The molecule has 0 aliphatic heterocycles. The van der Waals surface area contributed by atoms with Crippen molar-refractivity contribution in [3.8, 4) is 11.5 Å². The molecule has 6 nitrogen and oxygen atoms in total. The van der Waals surface area contributed by atoms with Crippen LogP contribution >= 0.6 is 0 Å². The molecule has 0 spiro atoms. The zero-order valence-corrected chi connectivity index (χ0v) is 12.6. The van der Waals surface area contributed by atoms with Gasteiger partial charge in [0.25, 0.3) is 11.5 Å². The summed E-state index contributed by atoms with van der Waals surface area (Å²) in [6.45, 7) is -0.251. The van der Waals surface area contributed by atoms with Gasteiger partial charge >= 0.3 is 6.18 Å². The van der Waals surface area contributed by atoms with Crippen LogP contribution in [0.3, 0.4) is 0 Å². The van der Waals surface area contributed by atoms with Crippen molar-refractivity contribution in [2.75, 3.05) is 13.2 Å². The lowest BCUT2D eigenvalue weighted by molar-refractivity contribution is -0.174. The van der Waals surface area contributed by atoms with Gasteiger partial charge in [-0.2, -0.15) is 13.2 Å². The number of hydrogen-bond acceptors (Lipinski definition) is 4. The predicted octanol–water partition coefficient (Wildman–Crippen LogP) is 2.33. The van der Waals surface area contributed by atoms with E-state index in [1.165, 1.54) is 25.3 Å². The second-order valence-electron chi connectivity index (χ2n) is 5.10. The van der Waals surface area contributed by atoms with Crippen LogP contribution in [0, 0.1) is 0 Å². The number of carbonyl (C=O) groups is 1. The lowest BCUT2D eigenvalue weighted by Gasteiger charge is -2.15. The van der Waals surface area contributed by atoms with Crippen LogP contribution in [0.25, 0.3) is 11.5 Å². The van der Waals surface area contributed by atoms with Gasteiger partial charge in [-0.3, -0.25) is 9.59 Å². The molecule has 9 heteroatoms. The van der Waals surface area contributed by atoms with Crippen LogP contribution in [0.1, 0.15) is 17.3 Å². The Morgan fingerprint density at radius 3 is 2.71 bits per heavy atom. The lowest BCUT2D eigenvalue weighted by atomic mass is 10.2. The molecular formula is C15H15F3N2O4. The fraction of sp³-hybridized carbons (Fsp3) is 0.333. The highest BCUT2D eigenvalue weighted by atomic mass is 19.4. The molecule has 0 aromatic carbocycles. The first-order valence-corrected chi connectivity index (χ1v) is 6.99. The van der Waals surface area contributed by atoms with Crippen molar-refractivity contribution in [2.24, 2.45) is 0 Å². The van der Waals surface area contributed by atoms with Crippen LogP contribution < -0.4 is 10.9 Å². The van der Waals surface area contributed by atoms with Crippen LogP contribution in [0.4, 0.5) is 13.2 Å². The summed E-state index contributed by atoms with van der Waals surface area (Å²) < 4.78 is 45.5. The first-order chi connectivity index (χ1) is 11.3. The van der Waals surface area contributed by atoms with Crippen LogP contribution in [-0.2, 0) is 4.74 Å². The van der Waals surface area contributed by atoms with Gasteiger partial charge in [-0.15, -0.1) is 0 Å². The van der Waals surface area contributed by atoms with E-state index < -0.39 is 30.3 Å². The van der Waals surface area contributed by atoms with Crippen molar-refractivity contribution in [3.05, 3.63) is 46.4 Å². The quantitative estimate of drug-likeness (QED) is 0.842. The SMILES string of the molecule is C[C@@H](COCC(F)(F)F)NC(=O)c1ccc(-c2ccco2)[nH]c1=O. The van der Waals surface area contributed by atoms with Crippen LogP contribution in [0.5, 0.6) is 0 Å². The highest BCUT2D eigenvalue weighted by molar-refractivity contribution is 5.94. The molecule has 24 heavy (non-hydrogen) atoms. The summed E-state index contributed by atoms with van der Waals surface area (Å²) in [6, 6.07) is 5.42. The van der Waals surface area contributed by atoms with Gasteiger partial charge in [0.1, 0.15) is 17.9 Å². The molecule has 130 valence electrons. The lowest BCUT2D eigenvalue weighted by Crippen LogP contribution is -2.39. The summed E-state index contributed by atoms with van der Waals surface area (Å²) in [4.78, 5) is 26.5. The first-order valence-electron chi connectivity index (χ1n) is 6.99. The molecule has 0 bridgehead atoms. The Morgan fingerprint density at radius 1 is 1.38 bits per heavy atom. The first kappa shape index (κ1) is 17.8. The fourth-order valence-corrected chi connectivity index (χ4v) is 1.92. The highest BCUT2D eigenvalue weighted by Crippen LogP contribution is 2.16. The third-order valence-electron chi connectivity index (χ3n) is 2.95. The molecule has 0 saturated carbocycles. The molecule has 1 amide bonds. The Bertz CT molecular complexity index is 738. The van der Waals surface area contributed by atoms with Crippen molar-refractivity contribution in [1.29, 1.82) is 0 Å². The third kappa shape index (κ3) is 4.98. The van der Waals surface area contributed by atoms with E-state index in [1.807, 2.05) is 0 Å². The third-order valence-corrected chi connectivity index (χ3v) is 2.95. The number of pyridine rings is 1. The van der Waals surface area contributed by atoms with Gasteiger partial charge in [0.15, 0.2) is 0 Å². The number of aromatic amines is 1. The minimum Gasteiger partial charge on any atom is -0.463 e. The van der Waals surface area contributed by atoms with Crippen molar-refractivity contribution in [1.82, 2.24) is 10.3 Å². The number of H-pyrrole nitrogens is 1. The smallest absolute Gasteiger partial charge is 0.411 e. The number of ether oxygens (including phenoxy) is 1. The van der Waals surface area contributed by atoms with Crippen molar-refractivity contribution >= 4 is 5.91 Å². The molecule has 2 rings (SSSR count). The molecule has 0 saturated heterocycles. The second-order valence-corrected chi connectivity index (χ2v) is 5.10. The minimum atomic E-state index is -4.43. The van der Waals surface area contributed by atoms with Crippen molar-refractivity contribution < 1.29 is 27.1 Å². The number of halogens is 3. The van der Waals surface area contributed by atoms with Gasteiger partial charge in [0.2, 0.25) is 0 Å². The Balaban J connectivity index is 1.96. The molecule has 2 N–H and O–H groups in total. The van der Waals surface area contributed by atoms with Crippen LogP contribution in [0.2, 0.25) is 0 Å². The largest absolute Gasteiger partial charge is 0.463 e. The molecule has 0 radical (unpaired) electrons. The molecule has 2 heterocycles. The summed E-state index contributed by atoms with van der Waals surface area (Å²) in [7, 11) is 0. The number of rotatable bonds is 6. The number of aromatic nitrogens is 1. The molecule has 0 unspecified atom stereocenters. The van der Waals surface area contributed by atoms with Crippen LogP contribution in [0.15, 0.2) is 39.7 Å². The molecular weight excluding hydrogens is 329 g/mol. The van der Waals surface area contributed by atoms with Gasteiger partial charge in [-0.25, -0.2) is 0 Å². The average molecular weight is 344 g/mol. The topological polar surface area (TPSA) is 84.3 Å². The fourth-order valence-electron chi connectivity index (χ4n) is 1.92. The number of hydrogen-bond donors (Lipinski definition) is 2. The van der Waals surface area contributed by atoms with Crippen molar-refractivity contribution in [3.63, 3.8) is 0 Å². The van der Waals surface area contributed by atoms with E-state index in [4.69, 9.17) is 4.42 Å².